The van der Waals surface area contributed by atoms with Gasteiger partial charge in [0.15, 0.2) is 0 Å². The Morgan fingerprint density at radius 3 is 2.17 bits per heavy atom. The number of nitrogens with zero attached hydrogens (tertiary/aromatic N) is 1. The maximum Gasteiger partial charge on any atom is 0.0677 e. The molecule has 1 unspecified atom stereocenters. The normalized spacial score (nSPS) is 19.0. The Morgan fingerprint density at radius 1 is 0.538 bits per heavy atom. The second-order valence-corrected chi connectivity index (χ2v) is 16.4. The summed E-state index contributed by atoms with van der Waals surface area (Å²) in [5, 5.41) is 2.60. The molecule has 7 aromatic rings. The van der Waals surface area contributed by atoms with Gasteiger partial charge in [-0.05, 0) is 113 Å². The summed E-state index contributed by atoms with van der Waals surface area (Å²) in [5.74, 6) is 0. The summed E-state index contributed by atoms with van der Waals surface area (Å²) in [4.78, 5) is 5.62. The van der Waals surface area contributed by atoms with Crippen LogP contribution in [-0.2, 0) is 5.41 Å². The first kappa shape index (κ1) is 30.4. The molecule has 0 N–H and O–H groups in total. The van der Waals surface area contributed by atoms with E-state index in [-0.39, 0.29) is 5.41 Å². The molecule has 52 heavy (non-hydrogen) atoms. The van der Waals surface area contributed by atoms with Crippen molar-refractivity contribution in [2.45, 2.75) is 40.9 Å². The fraction of sp³-hybridized carbons (Fsp3) is 0.102. The van der Waals surface area contributed by atoms with Crippen molar-refractivity contribution in [2.75, 3.05) is 0 Å². The van der Waals surface area contributed by atoms with E-state index in [4.69, 9.17) is 0 Å². The first-order valence-corrected chi connectivity index (χ1v) is 20.0. The summed E-state index contributed by atoms with van der Waals surface area (Å²) in [6.45, 7) is 0. The number of rotatable bonds is 3. The van der Waals surface area contributed by atoms with Gasteiger partial charge in [0.1, 0.15) is 0 Å². The lowest BCUT2D eigenvalue weighted by Crippen LogP contribution is -2.40. The zero-order chi connectivity index (χ0) is 34.2. The fourth-order valence-corrected chi connectivity index (χ4v) is 12.0. The molecule has 248 valence electrons. The Morgan fingerprint density at radius 2 is 1.27 bits per heavy atom. The third-order valence-corrected chi connectivity index (χ3v) is 13.9. The van der Waals surface area contributed by atoms with Crippen molar-refractivity contribution in [2.24, 2.45) is 0 Å². The summed E-state index contributed by atoms with van der Waals surface area (Å²) >= 11 is 3.96. The second-order valence-electron chi connectivity index (χ2n) is 14.2. The Kier molecular flexibility index (Phi) is 6.97. The number of para-hydroxylation sites is 2. The number of thioether (sulfide) groups is 2. The SMILES string of the molecule is C1=CC2=C(CC1)C1(C3=C(C=C(c4ccc5c6ccccc6n(-c6ccccc6)c5c4)CC3)Sc3ccccc31)c1c(cccc1-c1ccccc1)S2. The molecule has 3 heterocycles. The highest BCUT2D eigenvalue weighted by Gasteiger charge is 2.52. The lowest BCUT2D eigenvalue weighted by molar-refractivity contribution is 0.602. The number of aromatic nitrogens is 1. The van der Waals surface area contributed by atoms with Crippen LogP contribution >= 0.6 is 23.5 Å². The number of benzene rings is 6. The molecule has 6 aromatic carbocycles. The van der Waals surface area contributed by atoms with Crippen LogP contribution in [0.4, 0.5) is 0 Å². The molecule has 11 rings (SSSR count). The zero-order valence-electron chi connectivity index (χ0n) is 28.7. The third-order valence-electron chi connectivity index (χ3n) is 11.6. The van der Waals surface area contributed by atoms with E-state index in [1.165, 1.54) is 80.5 Å². The number of fused-ring (bicyclic) bond motifs is 9. The van der Waals surface area contributed by atoms with Gasteiger partial charge in [-0.25, -0.2) is 0 Å². The molecule has 0 saturated carbocycles. The van der Waals surface area contributed by atoms with E-state index >= 15 is 0 Å². The minimum Gasteiger partial charge on any atom is -0.309 e. The van der Waals surface area contributed by atoms with Gasteiger partial charge >= 0.3 is 0 Å². The van der Waals surface area contributed by atoms with Gasteiger partial charge in [0.05, 0.1) is 16.4 Å². The highest BCUT2D eigenvalue weighted by molar-refractivity contribution is 8.03. The van der Waals surface area contributed by atoms with Crippen LogP contribution in [0.2, 0.25) is 0 Å². The van der Waals surface area contributed by atoms with E-state index in [0.29, 0.717) is 0 Å². The molecule has 0 amide bonds. The summed E-state index contributed by atoms with van der Waals surface area (Å²) in [7, 11) is 0. The summed E-state index contributed by atoms with van der Waals surface area (Å²) in [6.07, 6.45) is 11.5. The topological polar surface area (TPSA) is 4.93 Å². The Balaban J connectivity index is 1.16. The first-order valence-electron chi connectivity index (χ1n) is 18.4. The van der Waals surface area contributed by atoms with Crippen molar-refractivity contribution in [1.82, 2.24) is 4.57 Å². The zero-order valence-corrected chi connectivity index (χ0v) is 30.3. The molecule has 0 bridgehead atoms. The lowest BCUT2D eigenvalue weighted by atomic mass is 9.59. The van der Waals surface area contributed by atoms with Gasteiger partial charge in [-0.2, -0.15) is 0 Å². The Labute approximate surface area is 313 Å². The minimum absolute atomic E-state index is 0.310. The molecule has 0 fully saturated rings. The van der Waals surface area contributed by atoms with Crippen molar-refractivity contribution in [3.63, 3.8) is 0 Å². The predicted octanol–water partition coefficient (Wildman–Crippen LogP) is 13.7. The van der Waals surface area contributed by atoms with E-state index in [1.807, 2.05) is 23.5 Å². The average molecular weight is 702 g/mol. The van der Waals surface area contributed by atoms with Crippen molar-refractivity contribution in [3.05, 3.63) is 201 Å². The molecule has 2 aliphatic heterocycles. The standard InChI is InChI=1S/C49H35NS2/c1-3-14-32(15-4-1)36-19-13-25-46-48(36)49(39-20-8-11-23-44(39)51-46)40-21-9-12-24-45(40)52-47-31-34(27-29-41(47)49)33-26-28-38-37-18-7-10-22-42(37)50(43(38)30-33)35-16-5-2-6-17-35/h1-7,9-19,21-26,28,30-31H,8,20,27,29H2. The predicted molar refractivity (Wildman–Crippen MR) is 221 cm³/mol. The number of hydrogen-bond acceptors (Lipinski definition) is 2. The molecular weight excluding hydrogens is 667 g/mol. The van der Waals surface area contributed by atoms with Gasteiger partial charge in [-0.3, -0.25) is 0 Å². The molecule has 1 atom stereocenters. The Bertz CT molecular complexity index is 2730. The van der Waals surface area contributed by atoms with Crippen LogP contribution in [0.1, 0.15) is 42.4 Å². The Hall–Kier alpha value is -5.22. The van der Waals surface area contributed by atoms with E-state index in [2.05, 4.69) is 168 Å². The average Bonchev–Trinajstić information content (AvgIpc) is 3.54. The molecule has 1 aromatic heterocycles. The summed E-state index contributed by atoms with van der Waals surface area (Å²) < 4.78 is 2.44. The van der Waals surface area contributed by atoms with Crippen molar-refractivity contribution in [1.29, 1.82) is 0 Å². The van der Waals surface area contributed by atoms with Crippen LogP contribution in [0.15, 0.2) is 195 Å². The smallest absolute Gasteiger partial charge is 0.0677 e. The molecule has 0 saturated heterocycles. The fourth-order valence-electron chi connectivity index (χ4n) is 9.43. The maximum atomic E-state index is 2.56. The van der Waals surface area contributed by atoms with Crippen LogP contribution in [0.5, 0.6) is 0 Å². The van der Waals surface area contributed by atoms with Crippen LogP contribution < -0.4 is 0 Å². The van der Waals surface area contributed by atoms with Crippen molar-refractivity contribution in [3.8, 4) is 16.8 Å². The van der Waals surface area contributed by atoms with Crippen molar-refractivity contribution < 1.29 is 0 Å². The largest absolute Gasteiger partial charge is 0.309 e. The van der Waals surface area contributed by atoms with Crippen LogP contribution in [0.25, 0.3) is 44.2 Å². The molecule has 0 radical (unpaired) electrons. The summed E-state index contributed by atoms with van der Waals surface area (Å²) in [5.41, 5.74) is 14.9. The molecular formula is C49H35NS2. The quantitative estimate of drug-likeness (QED) is 0.181. The molecule has 1 nitrogen and oxygen atoms in total. The van der Waals surface area contributed by atoms with Gasteiger partial charge in [0, 0.05) is 36.1 Å². The molecule has 4 aliphatic rings. The van der Waals surface area contributed by atoms with E-state index in [1.54, 1.807) is 11.1 Å². The van der Waals surface area contributed by atoms with Crippen LogP contribution in [0, 0.1) is 0 Å². The first-order chi connectivity index (χ1) is 25.8. The lowest BCUT2D eigenvalue weighted by Gasteiger charge is -2.50. The highest BCUT2D eigenvalue weighted by Crippen LogP contribution is 2.66. The molecule has 2 aliphatic carbocycles. The minimum atomic E-state index is -0.310. The third kappa shape index (κ3) is 4.39. The highest BCUT2D eigenvalue weighted by atomic mass is 32.2. The molecule has 1 spiro atoms. The van der Waals surface area contributed by atoms with Crippen LogP contribution in [-0.4, -0.2) is 4.57 Å². The maximum absolute atomic E-state index is 2.56. The number of allylic oxidation sites excluding steroid dienone is 6. The van der Waals surface area contributed by atoms with Gasteiger partial charge in [-0.1, -0.05) is 145 Å². The van der Waals surface area contributed by atoms with E-state index < -0.39 is 0 Å². The van der Waals surface area contributed by atoms with E-state index in [9.17, 15) is 0 Å². The summed E-state index contributed by atoms with van der Waals surface area (Å²) in [6, 6.07) is 54.2. The van der Waals surface area contributed by atoms with Gasteiger partial charge < -0.3 is 4.57 Å². The van der Waals surface area contributed by atoms with E-state index in [0.717, 1.165) is 25.7 Å². The van der Waals surface area contributed by atoms with Crippen LogP contribution in [0.3, 0.4) is 0 Å². The van der Waals surface area contributed by atoms with Gasteiger partial charge in [0.2, 0.25) is 0 Å². The number of hydrogen-bond donors (Lipinski definition) is 0. The molecule has 3 heteroatoms. The second kappa shape index (κ2) is 11.9. The van der Waals surface area contributed by atoms with Gasteiger partial charge in [0.25, 0.3) is 0 Å². The van der Waals surface area contributed by atoms with Crippen molar-refractivity contribution >= 4 is 50.9 Å². The monoisotopic (exact) mass is 701 g/mol. The van der Waals surface area contributed by atoms with Gasteiger partial charge in [-0.15, -0.1) is 0 Å².